The fraction of sp³-hybridized carbons (Fsp3) is 0.200. The molecule has 0 unspecified atom stereocenters. The third-order valence-corrected chi connectivity index (χ3v) is 3.17. The highest BCUT2D eigenvalue weighted by atomic mass is 35.5. The van der Waals surface area contributed by atoms with E-state index >= 15 is 0 Å². The van der Waals surface area contributed by atoms with Crippen LogP contribution in [-0.2, 0) is 0 Å². The first-order valence-corrected chi connectivity index (χ1v) is 6.72. The number of nitrogens with zero attached hydrogens (tertiary/aromatic N) is 2. The van der Waals surface area contributed by atoms with Crippen LogP contribution in [0.25, 0.3) is 0 Å². The molecular weight excluding hydrogens is 274 g/mol. The number of rotatable bonds is 4. The molecule has 0 bridgehead atoms. The second-order valence-corrected chi connectivity index (χ2v) is 4.73. The number of nitrogens with one attached hydrogen (secondary N) is 1. The summed E-state index contributed by atoms with van der Waals surface area (Å²) in [4.78, 5) is 18.1. The maximum absolute atomic E-state index is 12.6. The van der Waals surface area contributed by atoms with Crippen LogP contribution >= 0.6 is 11.6 Å². The molecule has 1 heterocycles. The average molecular weight is 290 g/mol. The summed E-state index contributed by atoms with van der Waals surface area (Å²) in [5.74, 6) is -0.116. The first kappa shape index (κ1) is 14.3. The molecule has 2 aromatic rings. The van der Waals surface area contributed by atoms with E-state index in [1.165, 1.54) is 0 Å². The van der Waals surface area contributed by atoms with Gasteiger partial charge in [0.05, 0.1) is 5.56 Å². The third-order valence-electron chi connectivity index (χ3n) is 2.93. The van der Waals surface area contributed by atoms with Crippen molar-refractivity contribution in [1.29, 1.82) is 0 Å². The summed E-state index contributed by atoms with van der Waals surface area (Å²) in [5, 5.41) is 3.71. The van der Waals surface area contributed by atoms with Gasteiger partial charge in [-0.25, -0.2) is 0 Å². The summed E-state index contributed by atoms with van der Waals surface area (Å²) in [6.45, 7) is 2.72. The second kappa shape index (κ2) is 6.39. The molecule has 2 rings (SSSR count). The summed E-state index contributed by atoms with van der Waals surface area (Å²) in [6.07, 6.45) is 3.31. The molecule has 0 saturated carbocycles. The Morgan fingerprint density at radius 3 is 2.65 bits per heavy atom. The Morgan fingerprint density at radius 1 is 1.30 bits per heavy atom. The van der Waals surface area contributed by atoms with E-state index in [0.717, 1.165) is 17.9 Å². The van der Waals surface area contributed by atoms with Crippen molar-refractivity contribution in [3.63, 3.8) is 0 Å². The zero-order valence-electron chi connectivity index (χ0n) is 11.4. The molecule has 0 saturated heterocycles. The highest BCUT2D eigenvalue weighted by Crippen LogP contribution is 2.23. The second-order valence-electron chi connectivity index (χ2n) is 4.29. The van der Waals surface area contributed by atoms with Gasteiger partial charge in [-0.3, -0.25) is 9.78 Å². The summed E-state index contributed by atoms with van der Waals surface area (Å²) in [7, 11) is 1.73. The Balaban J connectivity index is 2.35. The van der Waals surface area contributed by atoms with Gasteiger partial charge in [-0.1, -0.05) is 11.6 Å². The van der Waals surface area contributed by atoms with E-state index in [0.29, 0.717) is 10.6 Å². The largest absolute Gasteiger partial charge is 0.385 e. The fourth-order valence-corrected chi connectivity index (χ4v) is 2.08. The van der Waals surface area contributed by atoms with Gasteiger partial charge in [0.2, 0.25) is 0 Å². The van der Waals surface area contributed by atoms with E-state index in [1.54, 1.807) is 48.6 Å². The number of hydrogen-bond acceptors (Lipinski definition) is 3. The maximum atomic E-state index is 12.6. The van der Waals surface area contributed by atoms with Gasteiger partial charge in [-0.05, 0) is 37.3 Å². The first-order chi connectivity index (χ1) is 9.63. The normalized spacial score (nSPS) is 10.2. The van der Waals surface area contributed by atoms with Gasteiger partial charge in [0.15, 0.2) is 0 Å². The van der Waals surface area contributed by atoms with Crippen LogP contribution in [0.2, 0.25) is 5.02 Å². The number of anilines is 2. The Hall–Kier alpha value is -2.07. The summed E-state index contributed by atoms with van der Waals surface area (Å²) < 4.78 is 0. The average Bonchev–Trinajstić information content (AvgIpc) is 2.48. The van der Waals surface area contributed by atoms with Crippen LogP contribution in [-0.4, -0.2) is 24.5 Å². The van der Waals surface area contributed by atoms with Crippen LogP contribution in [0.15, 0.2) is 42.7 Å². The number of carbonyl (C=O) groups excluding carboxylic acids is 1. The van der Waals surface area contributed by atoms with Gasteiger partial charge in [-0.2, -0.15) is 0 Å². The molecule has 1 aromatic heterocycles. The molecule has 0 fully saturated rings. The lowest BCUT2D eigenvalue weighted by atomic mass is 10.1. The van der Waals surface area contributed by atoms with Crippen molar-refractivity contribution in [1.82, 2.24) is 4.98 Å². The monoisotopic (exact) mass is 289 g/mol. The molecule has 0 spiro atoms. The highest BCUT2D eigenvalue weighted by molar-refractivity contribution is 6.31. The smallest absolute Gasteiger partial charge is 0.260 e. The van der Waals surface area contributed by atoms with E-state index in [4.69, 9.17) is 11.6 Å². The Labute approximate surface area is 123 Å². The van der Waals surface area contributed by atoms with Gasteiger partial charge < -0.3 is 10.2 Å². The maximum Gasteiger partial charge on any atom is 0.260 e. The lowest BCUT2D eigenvalue weighted by Gasteiger charge is -2.19. The first-order valence-electron chi connectivity index (χ1n) is 6.35. The minimum absolute atomic E-state index is 0.116. The van der Waals surface area contributed by atoms with Crippen molar-refractivity contribution in [3.8, 4) is 0 Å². The molecule has 0 aliphatic heterocycles. The Bertz CT molecular complexity index is 601. The summed E-state index contributed by atoms with van der Waals surface area (Å²) >= 11 is 6.00. The van der Waals surface area contributed by atoms with Gasteiger partial charge in [-0.15, -0.1) is 0 Å². The minimum atomic E-state index is -0.116. The van der Waals surface area contributed by atoms with Crippen molar-refractivity contribution >= 4 is 28.9 Å². The van der Waals surface area contributed by atoms with Crippen molar-refractivity contribution in [2.75, 3.05) is 23.8 Å². The zero-order valence-corrected chi connectivity index (χ0v) is 12.2. The van der Waals surface area contributed by atoms with E-state index in [-0.39, 0.29) is 5.91 Å². The molecule has 20 heavy (non-hydrogen) atoms. The van der Waals surface area contributed by atoms with Gasteiger partial charge in [0.25, 0.3) is 5.91 Å². The highest BCUT2D eigenvalue weighted by Gasteiger charge is 2.17. The van der Waals surface area contributed by atoms with E-state index in [2.05, 4.69) is 10.3 Å². The molecular formula is C15H16ClN3O. The Kier molecular flexibility index (Phi) is 4.58. The number of pyridine rings is 1. The number of aromatic nitrogens is 1. The summed E-state index contributed by atoms with van der Waals surface area (Å²) in [5.41, 5.74) is 2.12. The molecule has 4 nitrogen and oxygen atoms in total. The predicted molar refractivity (Wildman–Crippen MR) is 82.6 cm³/mol. The Morgan fingerprint density at radius 2 is 2.00 bits per heavy atom. The molecule has 1 amide bonds. The summed E-state index contributed by atoms with van der Waals surface area (Å²) in [6, 6.07) is 8.84. The van der Waals surface area contributed by atoms with Crippen molar-refractivity contribution in [3.05, 3.63) is 53.3 Å². The molecule has 5 heteroatoms. The molecule has 0 radical (unpaired) electrons. The predicted octanol–water partition coefficient (Wildman–Crippen LogP) is 3.44. The third kappa shape index (κ3) is 3.08. The van der Waals surface area contributed by atoms with Crippen LogP contribution in [0.1, 0.15) is 17.3 Å². The SMILES string of the molecule is CCNc1ccc(Cl)cc1C(=O)N(C)c1ccncc1. The van der Waals surface area contributed by atoms with Gasteiger partial charge in [0.1, 0.15) is 0 Å². The van der Waals surface area contributed by atoms with Crippen molar-refractivity contribution in [2.24, 2.45) is 0 Å². The van der Waals surface area contributed by atoms with E-state index in [9.17, 15) is 4.79 Å². The van der Waals surface area contributed by atoms with Crippen molar-refractivity contribution in [2.45, 2.75) is 6.92 Å². The molecule has 1 N–H and O–H groups in total. The molecule has 0 aliphatic rings. The number of amides is 1. The molecule has 104 valence electrons. The van der Waals surface area contributed by atoms with Gasteiger partial charge in [0, 0.05) is 42.4 Å². The topological polar surface area (TPSA) is 45.2 Å². The molecule has 0 atom stereocenters. The standard InChI is InChI=1S/C15H16ClN3O/c1-3-18-14-5-4-11(16)10-13(14)15(20)19(2)12-6-8-17-9-7-12/h4-10,18H,3H2,1-2H3. The van der Waals surface area contributed by atoms with Crippen LogP contribution in [0.4, 0.5) is 11.4 Å². The van der Waals surface area contributed by atoms with Crippen molar-refractivity contribution < 1.29 is 4.79 Å². The lowest BCUT2D eigenvalue weighted by molar-refractivity contribution is 0.0994. The van der Waals surface area contributed by atoms with E-state index in [1.807, 2.05) is 13.0 Å². The lowest BCUT2D eigenvalue weighted by Crippen LogP contribution is -2.27. The van der Waals surface area contributed by atoms with Gasteiger partial charge >= 0.3 is 0 Å². The molecule has 1 aromatic carbocycles. The van der Waals surface area contributed by atoms with Crippen LogP contribution < -0.4 is 10.2 Å². The number of halogens is 1. The van der Waals surface area contributed by atoms with Crippen LogP contribution in [0.3, 0.4) is 0 Å². The minimum Gasteiger partial charge on any atom is -0.385 e. The van der Waals surface area contributed by atoms with Crippen LogP contribution in [0, 0.1) is 0 Å². The zero-order chi connectivity index (χ0) is 14.5. The van der Waals surface area contributed by atoms with E-state index < -0.39 is 0 Å². The number of carbonyl (C=O) groups is 1. The fourth-order valence-electron chi connectivity index (χ4n) is 1.90. The quantitative estimate of drug-likeness (QED) is 0.938. The number of hydrogen-bond donors (Lipinski definition) is 1. The number of benzene rings is 1. The molecule has 0 aliphatic carbocycles. The van der Waals surface area contributed by atoms with Crippen LogP contribution in [0.5, 0.6) is 0 Å².